The van der Waals surface area contributed by atoms with Crippen molar-refractivity contribution in [1.29, 1.82) is 0 Å². The molecule has 3 heterocycles. The lowest BCUT2D eigenvalue weighted by molar-refractivity contribution is -0.122. The normalized spacial score (nSPS) is 16.1. The van der Waals surface area contributed by atoms with Gasteiger partial charge in [-0.1, -0.05) is 43.6 Å². The Bertz CT molecular complexity index is 1230. The van der Waals surface area contributed by atoms with Crippen molar-refractivity contribution in [3.05, 3.63) is 64.6 Å². The third-order valence-corrected chi connectivity index (χ3v) is 7.10. The number of carbonyl (C=O) groups is 1. The summed E-state index contributed by atoms with van der Waals surface area (Å²) < 4.78 is 14.2. The summed E-state index contributed by atoms with van der Waals surface area (Å²) in [4.78, 5) is 19.6. The van der Waals surface area contributed by atoms with Crippen molar-refractivity contribution in [2.45, 2.75) is 53.6 Å². The summed E-state index contributed by atoms with van der Waals surface area (Å²) in [6.45, 7) is 11.4. The highest BCUT2D eigenvalue weighted by Crippen LogP contribution is 2.34. The van der Waals surface area contributed by atoms with E-state index in [1.54, 1.807) is 6.20 Å². The Morgan fingerprint density at radius 1 is 1.16 bits per heavy atom. The Balaban J connectivity index is 1.47. The molecule has 0 saturated heterocycles. The largest absolute Gasteiger partial charge is 0.489 e. The van der Waals surface area contributed by atoms with Gasteiger partial charge in [0.25, 0.3) is 0 Å². The summed E-state index contributed by atoms with van der Waals surface area (Å²) in [5, 5.41) is 8.14. The van der Waals surface area contributed by atoms with Crippen LogP contribution in [0.25, 0.3) is 0 Å². The lowest BCUT2D eigenvalue weighted by Gasteiger charge is -2.27. The lowest BCUT2D eigenvalue weighted by Crippen LogP contribution is -2.39. The van der Waals surface area contributed by atoms with Crippen molar-refractivity contribution in [3.8, 4) is 17.4 Å². The first kappa shape index (κ1) is 26.9. The second-order valence-corrected chi connectivity index (χ2v) is 10.7. The number of pyridine rings is 1. The Morgan fingerprint density at radius 2 is 1.95 bits per heavy atom. The van der Waals surface area contributed by atoms with Gasteiger partial charge in [0.2, 0.25) is 11.8 Å². The van der Waals surface area contributed by atoms with Gasteiger partial charge in [-0.05, 0) is 56.8 Å². The summed E-state index contributed by atoms with van der Waals surface area (Å²) in [5.41, 5.74) is 2.60. The number of benzene rings is 1. The quantitative estimate of drug-likeness (QED) is 0.495. The van der Waals surface area contributed by atoms with Gasteiger partial charge in [0, 0.05) is 24.8 Å². The molecule has 1 amide bonds. The molecular formula is C28H36ClN5O3. The van der Waals surface area contributed by atoms with E-state index in [2.05, 4.69) is 34.1 Å². The van der Waals surface area contributed by atoms with Crippen LogP contribution in [-0.4, -0.2) is 51.8 Å². The van der Waals surface area contributed by atoms with Gasteiger partial charge in [-0.2, -0.15) is 5.10 Å². The number of hydrogen-bond acceptors (Lipinski definition) is 6. The van der Waals surface area contributed by atoms with Gasteiger partial charge in [0.1, 0.15) is 0 Å². The smallest absolute Gasteiger partial charge is 0.234 e. The zero-order chi connectivity index (χ0) is 26.4. The molecule has 0 atom stereocenters. The van der Waals surface area contributed by atoms with E-state index in [4.69, 9.17) is 21.1 Å². The van der Waals surface area contributed by atoms with Gasteiger partial charge in [0.05, 0.1) is 36.1 Å². The van der Waals surface area contributed by atoms with Crippen LogP contribution in [-0.2, 0) is 17.9 Å². The number of halogens is 1. The maximum atomic E-state index is 12.9. The Kier molecular flexibility index (Phi) is 8.71. The lowest BCUT2D eigenvalue weighted by atomic mass is 9.88. The van der Waals surface area contributed by atoms with E-state index in [9.17, 15) is 4.79 Å². The number of aryl methyl sites for hydroxylation is 1. The molecule has 1 aliphatic heterocycles. The van der Waals surface area contributed by atoms with Crippen molar-refractivity contribution in [1.82, 2.24) is 25.0 Å². The van der Waals surface area contributed by atoms with Crippen LogP contribution in [0.4, 0.5) is 0 Å². The van der Waals surface area contributed by atoms with Crippen LogP contribution >= 0.6 is 11.6 Å². The van der Waals surface area contributed by atoms with Gasteiger partial charge >= 0.3 is 0 Å². The first-order chi connectivity index (χ1) is 17.7. The standard InChI is InChI=1S/C28H36ClN5O3/c1-20-26(29)21(2)34(32-20)16-14-30-25(35)18-33-15-8-12-28(3,4)19-36-23-10-5-6-11-24(23)37-27-22(17-33)9-7-13-31-27/h5-7,9-11,13H,8,12,14-19H2,1-4H3,(H,30,35). The highest BCUT2D eigenvalue weighted by molar-refractivity contribution is 6.31. The topological polar surface area (TPSA) is 81.5 Å². The molecule has 3 aromatic rings. The molecular weight excluding hydrogens is 490 g/mol. The number of para-hydroxylation sites is 2. The predicted molar refractivity (Wildman–Crippen MR) is 144 cm³/mol. The average molecular weight is 526 g/mol. The maximum Gasteiger partial charge on any atom is 0.234 e. The Morgan fingerprint density at radius 3 is 2.70 bits per heavy atom. The number of nitrogens with zero attached hydrogens (tertiary/aromatic N) is 4. The molecule has 1 N–H and O–H groups in total. The highest BCUT2D eigenvalue weighted by Gasteiger charge is 2.23. The molecule has 0 spiro atoms. The average Bonchev–Trinajstić information content (AvgIpc) is 3.11. The minimum atomic E-state index is -0.0313. The minimum absolute atomic E-state index is 0.0266. The minimum Gasteiger partial charge on any atom is -0.489 e. The van der Waals surface area contributed by atoms with Gasteiger partial charge < -0.3 is 14.8 Å². The molecule has 1 aliphatic rings. The SMILES string of the molecule is Cc1nn(CCNC(=O)CN2CCCC(C)(C)COc3ccccc3Oc3ncccc3C2)c(C)c1Cl. The molecule has 198 valence electrons. The molecule has 0 fully saturated rings. The van der Waals surface area contributed by atoms with Crippen LogP contribution in [0, 0.1) is 19.3 Å². The van der Waals surface area contributed by atoms with Crippen molar-refractivity contribution >= 4 is 17.5 Å². The van der Waals surface area contributed by atoms with E-state index in [0.29, 0.717) is 48.6 Å². The molecule has 0 bridgehead atoms. The van der Waals surface area contributed by atoms with Gasteiger partial charge in [-0.3, -0.25) is 14.4 Å². The van der Waals surface area contributed by atoms with E-state index in [1.807, 2.05) is 54.9 Å². The summed E-state index contributed by atoms with van der Waals surface area (Å²) in [5.74, 6) is 1.82. The number of aromatic nitrogens is 3. The fourth-order valence-electron chi connectivity index (χ4n) is 4.43. The number of carbonyl (C=O) groups excluding carboxylic acids is 1. The molecule has 1 aromatic carbocycles. The summed E-state index contributed by atoms with van der Waals surface area (Å²) in [6, 6.07) is 11.6. The third kappa shape index (κ3) is 7.23. The fourth-order valence-corrected chi connectivity index (χ4v) is 4.56. The number of amides is 1. The maximum absolute atomic E-state index is 12.9. The van der Waals surface area contributed by atoms with Crippen molar-refractivity contribution in [2.24, 2.45) is 5.41 Å². The van der Waals surface area contributed by atoms with Crippen molar-refractivity contribution in [3.63, 3.8) is 0 Å². The number of ether oxygens (including phenoxy) is 2. The summed E-state index contributed by atoms with van der Waals surface area (Å²) >= 11 is 6.24. The van der Waals surface area contributed by atoms with Gasteiger partial charge in [-0.25, -0.2) is 4.98 Å². The van der Waals surface area contributed by atoms with Crippen LogP contribution in [0.15, 0.2) is 42.6 Å². The number of nitrogens with one attached hydrogen (secondary N) is 1. The van der Waals surface area contributed by atoms with E-state index >= 15 is 0 Å². The van der Waals surface area contributed by atoms with Crippen LogP contribution in [0.3, 0.4) is 0 Å². The third-order valence-electron chi connectivity index (χ3n) is 6.55. The predicted octanol–water partition coefficient (Wildman–Crippen LogP) is 5.16. The first-order valence-electron chi connectivity index (χ1n) is 12.7. The molecule has 9 heteroatoms. The first-order valence-corrected chi connectivity index (χ1v) is 13.1. The molecule has 2 aromatic heterocycles. The van der Waals surface area contributed by atoms with E-state index in [0.717, 1.165) is 36.3 Å². The Labute approximate surface area is 223 Å². The molecule has 37 heavy (non-hydrogen) atoms. The Hall–Kier alpha value is -3.10. The molecule has 0 radical (unpaired) electrons. The van der Waals surface area contributed by atoms with Gasteiger partial charge in [0.15, 0.2) is 11.5 Å². The molecule has 0 unspecified atom stereocenters. The van der Waals surface area contributed by atoms with E-state index in [-0.39, 0.29) is 17.9 Å². The van der Waals surface area contributed by atoms with Crippen LogP contribution in [0.1, 0.15) is 43.6 Å². The summed E-state index contributed by atoms with van der Waals surface area (Å²) in [7, 11) is 0. The highest BCUT2D eigenvalue weighted by atomic mass is 35.5. The summed E-state index contributed by atoms with van der Waals surface area (Å²) in [6.07, 6.45) is 3.62. The fraction of sp³-hybridized carbons (Fsp3) is 0.464. The number of rotatable bonds is 5. The second kappa shape index (κ2) is 12.0. The number of hydrogen-bond donors (Lipinski definition) is 1. The van der Waals surface area contributed by atoms with Crippen molar-refractivity contribution in [2.75, 3.05) is 26.2 Å². The van der Waals surface area contributed by atoms with Crippen LogP contribution in [0.5, 0.6) is 17.4 Å². The monoisotopic (exact) mass is 525 g/mol. The number of fused-ring (bicyclic) bond motifs is 2. The zero-order valence-corrected chi connectivity index (χ0v) is 22.8. The van der Waals surface area contributed by atoms with Crippen molar-refractivity contribution < 1.29 is 14.3 Å². The molecule has 0 aliphatic carbocycles. The van der Waals surface area contributed by atoms with E-state index < -0.39 is 0 Å². The van der Waals surface area contributed by atoms with Gasteiger partial charge in [-0.15, -0.1) is 0 Å². The van der Waals surface area contributed by atoms with Crippen LogP contribution in [0.2, 0.25) is 5.02 Å². The van der Waals surface area contributed by atoms with E-state index in [1.165, 1.54) is 0 Å². The molecule has 4 rings (SSSR count). The zero-order valence-electron chi connectivity index (χ0n) is 22.1. The molecule has 8 nitrogen and oxygen atoms in total. The van der Waals surface area contributed by atoms with Crippen LogP contribution < -0.4 is 14.8 Å². The second-order valence-electron chi connectivity index (χ2n) is 10.3. The molecule has 0 saturated carbocycles.